The maximum absolute atomic E-state index is 12.1. The van der Waals surface area contributed by atoms with Crippen LogP contribution in [0.4, 0.5) is 0 Å². The van der Waals surface area contributed by atoms with Crippen molar-refractivity contribution >= 4 is 5.91 Å². The van der Waals surface area contributed by atoms with Crippen molar-refractivity contribution in [3.8, 4) is 6.07 Å². The van der Waals surface area contributed by atoms with Gasteiger partial charge in [-0.3, -0.25) is 4.79 Å². The Balaban J connectivity index is 4.58. The zero-order valence-electron chi connectivity index (χ0n) is 11.2. The van der Waals surface area contributed by atoms with E-state index in [1.807, 2.05) is 25.7 Å². The summed E-state index contributed by atoms with van der Waals surface area (Å²) in [7, 11) is 0. The molecule has 2 atom stereocenters. The number of hydrogen-bond acceptors (Lipinski definition) is 2. The number of carbonyl (C=O) groups is 1. The van der Waals surface area contributed by atoms with E-state index < -0.39 is 5.92 Å². The fraction of sp³-hybridized carbons (Fsp3) is 0.846. The van der Waals surface area contributed by atoms with Gasteiger partial charge in [0.1, 0.15) is 5.92 Å². The highest BCUT2D eigenvalue weighted by Crippen LogP contribution is 2.15. The summed E-state index contributed by atoms with van der Waals surface area (Å²) in [6, 6.07) is 2.12. The average Bonchev–Trinajstić information content (AvgIpc) is 2.25. The van der Waals surface area contributed by atoms with E-state index in [9.17, 15) is 4.79 Å². The lowest BCUT2D eigenvalue weighted by Gasteiger charge is -2.27. The first-order chi connectivity index (χ1) is 7.47. The quantitative estimate of drug-likeness (QED) is 0.696. The molecule has 0 heterocycles. The monoisotopic (exact) mass is 224 g/mol. The van der Waals surface area contributed by atoms with Gasteiger partial charge in [-0.15, -0.1) is 0 Å². The van der Waals surface area contributed by atoms with Gasteiger partial charge in [0.2, 0.25) is 5.91 Å². The Bertz CT molecular complexity index is 255. The predicted octanol–water partition coefficient (Wildman–Crippen LogP) is 2.68. The number of nitriles is 1. The molecular weight excluding hydrogens is 200 g/mol. The van der Waals surface area contributed by atoms with Gasteiger partial charge < -0.3 is 4.90 Å². The molecule has 0 aromatic rings. The second kappa shape index (κ2) is 7.27. The molecule has 0 saturated heterocycles. The summed E-state index contributed by atoms with van der Waals surface area (Å²) in [6.45, 7) is 11.5. The van der Waals surface area contributed by atoms with Crippen molar-refractivity contribution in [3.05, 3.63) is 0 Å². The summed E-state index contributed by atoms with van der Waals surface area (Å²) in [5, 5.41) is 9.01. The van der Waals surface area contributed by atoms with Crippen LogP contribution in [0.1, 0.15) is 41.0 Å². The highest BCUT2D eigenvalue weighted by atomic mass is 16.2. The van der Waals surface area contributed by atoms with Gasteiger partial charge in [-0.05, 0) is 18.8 Å². The first-order valence-corrected chi connectivity index (χ1v) is 6.16. The van der Waals surface area contributed by atoms with Gasteiger partial charge in [0.25, 0.3) is 0 Å². The van der Waals surface area contributed by atoms with E-state index in [2.05, 4.69) is 19.9 Å². The average molecular weight is 224 g/mol. The summed E-state index contributed by atoms with van der Waals surface area (Å²) in [6.07, 6.45) is 1.06. The Hall–Kier alpha value is -1.04. The molecule has 0 aliphatic rings. The smallest absolute Gasteiger partial charge is 0.240 e. The summed E-state index contributed by atoms with van der Waals surface area (Å²) in [5.41, 5.74) is 0. The molecule has 0 saturated carbocycles. The lowest BCUT2D eigenvalue weighted by atomic mass is 9.95. The molecule has 0 radical (unpaired) electrons. The van der Waals surface area contributed by atoms with Gasteiger partial charge in [-0.25, -0.2) is 0 Å². The first kappa shape index (κ1) is 15.0. The van der Waals surface area contributed by atoms with Crippen molar-refractivity contribution in [1.29, 1.82) is 5.26 Å². The summed E-state index contributed by atoms with van der Waals surface area (Å²) < 4.78 is 0. The summed E-state index contributed by atoms with van der Waals surface area (Å²) in [4.78, 5) is 13.9. The molecule has 0 bridgehead atoms. The first-order valence-electron chi connectivity index (χ1n) is 6.16. The highest BCUT2D eigenvalue weighted by Gasteiger charge is 2.26. The van der Waals surface area contributed by atoms with Crippen molar-refractivity contribution < 1.29 is 4.79 Å². The van der Waals surface area contributed by atoms with Crippen LogP contribution in [0.5, 0.6) is 0 Å². The molecule has 0 N–H and O–H groups in total. The molecule has 0 aliphatic carbocycles. The lowest BCUT2D eigenvalue weighted by Crippen LogP contribution is -2.40. The van der Waals surface area contributed by atoms with E-state index in [4.69, 9.17) is 5.26 Å². The van der Waals surface area contributed by atoms with Gasteiger partial charge in [0, 0.05) is 13.1 Å². The van der Waals surface area contributed by atoms with Crippen LogP contribution >= 0.6 is 0 Å². The molecule has 0 fully saturated rings. The van der Waals surface area contributed by atoms with E-state index in [1.54, 1.807) is 0 Å². The standard InChI is InChI=1S/C13H24N2O/c1-6-11(5)9-15(7-2)13(16)12(8-14)10(3)4/h10-12H,6-7,9H2,1-5H3. The normalized spacial score (nSPS) is 14.3. The number of amides is 1. The van der Waals surface area contributed by atoms with E-state index >= 15 is 0 Å². The van der Waals surface area contributed by atoms with E-state index in [1.165, 1.54) is 0 Å². The van der Waals surface area contributed by atoms with Gasteiger partial charge in [0.05, 0.1) is 6.07 Å². The molecule has 0 rings (SSSR count). The number of nitrogens with zero attached hydrogens (tertiary/aromatic N) is 2. The molecule has 16 heavy (non-hydrogen) atoms. The van der Waals surface area contributed by atoms with Crippen LogP contribution in [0.2, 0.25) is 0 Å². The van der Waals surface area contributed by atoms with Gasteiger partial charge in [0.15, 0.2) is 0 Å². The Morgan fingerprint density at radius 1 is 1.31 bits per heavy atom. The van der Waals surface area contributed by atoms with Crippen molar-refractivity contribution in [2.45, 2.75) is 41.0 Å². The Morgan fingerprint density at radius 2 is 1.88 bits per heavy atom. The topological polar surface area (TPSA) is 44.1 Å². The Morgan fingerprint density at radius 3 is 2.19 bits per heavy atom. The van der Waals surface area contributed by atoms with Crippen molar-refractivity contribution in [3.63, 3.8) is 0 Å². The van der Waals surface area contributed by atoms with E-state index in [-0.39, 0.29) is 11.8 Å². The van der Waals surface area contributed by atoms with Crippen LogP contribution in [0.3, 0.4) is 0 Å². The molecule has 3 nitrogen and oxygen atoms in total. The molecule has 0 aromatic heterocycles. The largest absolute Gasteiger partial charge is 0.342 e. The Labute approximate surface area is 99.4 Å². The maximum Gasteiger partial charge on any atom is 0.240 e. The molecule has 2 unspecified atom stereocenters. The fourth-order valence-electron chi connectivity index (χ4n) is 1.57. The van der Waals surface area contributed by atoms with Crippen LogP contribution < -0.4 is 0 Å². The van der Waals surface area contributed by atoms with Gasteiger partial charge >= 0.3 is 0 Å². The lowest BCUT2D eigenvalue weighted by molar-refractivity contribution is -0.135. The molecule has 3 heteroatoms. The second-order valence-corrected chi connectivity index (χ2v) is 4.74. The van der Waals surface area contributed by atoms with Crippen molar-refractivity contribution in [1.82, 2.24) is 4.90 Å². The van der Waals surface area contributed by atoms with Gasteiger partial charge in [-0.1, -0.05) is 34.1 Å². The van der Waals surface area contributed by atoms with E-state index in [0.717, 1.165) is 13.0 Å². The van der Waals surface area contributed by atoms with E-state index in [0.29, 0.717) is 12.5 Å². The minimum atomic E-state index is -0.496. The van der Waals surface area contributed by atoms with Crippen LogP contribution in [-0.4, -0.2) is 23.9 Å². The third kappa shape index (κ3) is 4.22. The molecule has 92 valence electrons. The molecule has 0 aliphatic heterocycles. The predicted molar refractivity (Wildman–Crippen MR) is 65.7 cm³/mol. The summed E-state index contributed by atoms with van der Waals surface area (Å²) in [5.74, 6) is 0.0724. The second-order valence-electron chi connectivity index (χ2n) is 4.74. The zero-order valence-corrected chi connectivity index (χ0v) is 11.2. The van der Waals surface area contributed by atoms with Gasteiger partial charge in [-0.2, -0.15) is 5.26 Å². The molecule has 0 aromatic carbocycles. The zero-order chi connectivity index (χ0) is 12.7. The van der Waals surface area contributed by atoms with Crippen LogP contribution in [-0.2, 0) is 4.79 Å². The highest BCUT2D eigenvalue weighted by molar-refractivity contribution is 5.81. The molecule has 1 amide bonds. The third-order valence-corrected chi connectivity index (χ3v) is 2.99. The van der Waals surface area contributed by atoms with Crippen LogP contribution in [0.15, 0.2) is 0 Å². The number of rotatable bonds is 6. The van der Waals surface area contributed by atoms with Crippen LogP contribution in [0.25, 0.3) is 0 Å². The third-order valence-electron chi connectivity index (χ3n) is 2.99. The minimum Gasteiger partial charge on any atom is -0.342 e. The SMILES string of the molecule is CCC(C)CN(CC)C(=O)C(C#N)C(C)C. The maximum atomic E-state index is 12.1. The number of hydrogen-bond donors (Lipinski definition) is 0. The van der Waals surface area contributed by atoms with Crippen LogP contribution in [0, 0.1) is 29.1 Å². The fourth-order valence-corrected chi connectivity index (χ4v) is 1.57. The molecule has 0 spiro atoms. The Kier molecular flexibility index (Phi) is 6.80. The number of carbonyl (C=O) groups excluding carboxylic acids is 1. The molecular formula is C13H24N2O. The van der Waals surface area contributed by atoms with Crippen molar-refractivity contribution in [2.75, 3.05) is 13.1 Å². The minimum absolute atomic E-state index is 0.0136. The summed E-state index contributed by atoms with van der Waals surface area (Å²) >= 11 is 0. The van der Waals surface area contributed by atoms with Crippen molar-refractivity contribution in [2.24, 2.45) is 17.8 Å².